The summed E-state index contributed by atoms with van der Waals surface area (Å²) >= 11 is 0. The number of carbonyl (C=O) groups is 3. The number of carbonyl (C=O) groups excluding carboxylic acids is 3. The number of esters is 3. The molecule has 0 saturated carbocycles. The molecule has 0 aliphatic rings. The van der Waals surface area contributed by atoms with Crippen LogP contribution in [0.2, 0.25) is 0 Å². The molecular formula is C71H130O6. The number of unbranched alkanes of at least 4 members (excludes halogenated alkanes) is 44. The van der Waals surface area contributed by atoms with Gasteiger partial charge in [0.05, 0.1) is 0 Å². The fourth-order valence-corrected chi connectivity index (χ4v) is 10.2. The Kier molecular flexibility index (Phi) is 63.6. The van der Waals surface area contributed by atoms with Gasteiger partial charge in [-0.1, -0.05) is 313 Å². The van der Waals surface area contributed by atoms with Crippen molar-refractivity contribution in [2.24, 2.45) is 0 Å². The summed E-state index contributed by atoms with van der Waals surface area (Å²) in [6.45, 7) is 6.67. The maximum atomic E-state index is 12.9. The Hall–Kier alpha value is -2.63. The SMILES string of the molecule is CCCCCCC/C=C\C/C=C\C/C=C\CCCCCCCCCCCCC(=O)OCC(COC(=O)CCCCCCC/C=C\CCCCCCC)OC(=O)CCCCCCCCCCCCCCCCCCCCCC. The van der Waals surface area contributed by atoms with E-state index >= 15 is 0 Å². The lowest BCUT2D eigenvalue weighted by atomic mass is 10.0. The van der Waals surface area contributed by atoms with Crippen LogP contribution in [-0.4, -0.2) is 37.2 Å². The van der Waals surface area contributed by atoms with Crippen LogP contribution < -0.4 is 0 Å². The van der Waals surface area contributed by atoms with Crippen molar-refractivity contribution in [1.29, 1.82) is 0 Å². The predicted octanol–water partition coefficient (Wildman–Crippen LogP) is 23.3. The standard InChI is InChI=1S/C71H130O6/c1-4-7-10-13-16-19-22-25-28-30-32-34-35-36-37-38-40-41-43-46-49-52-55-58-61-64-70(73)76-67-68(66-75-69(72)63-60-57-54-51-48-45-27-24-21-18-15-12-9-6-3)77-71(74)65-62-59-56-53-50-47-44-42-39-33-31-29-26-23-20-17-14-11-8-5-2/h22,24-25,27,30,32,35-36,68H,4-21,23,26,28-29,31,33-34,37-67H2,1-3H3/b25-22-,27-24-,32-30-,36-35-. The number of hydrogen-bond acceptors (Lipinski definition) is 6. The summed E-state index contributed by atoms with van der Waals surface area (Å²) in [4.78, 5) is 38.4. The first kappa shape index (κ1) is 74.4. The van der Waals surface area contributed by atoms with Crippen molar-refractivity contribution in [3.8, 4) is 0 Å². The third kappa shape index (κ3) is 64.1. The molecule has 0 aliphatic carbocycles. The van der Waals surface area contributed by atoms with Crippen LogP contribution in [0.25, 0.3) is 0 Å². The third-order valence-electron chi connectivity index (χ3n) is 15.3. The zero-order valence-corrected chi connectivity index (χ0v) is 51.7. The largest absolute Gasteiger partial charge is 0.462 e. The van der Waals surface area contributed by atoms with Gasteiger partial charge in [-0.3, -0.25) is 14.4 Å². The highest BCUT2D eigenvalue weighted by Crippen LogP contribution is 2.18. The van der Waals surface area contributed by atoms with Gasteiger partial charge in [0.2, 0.25) is 0 Å². The van der Waals surface area contributed by atoms with Gasteiger partial charge in [0.25, 0.3) is 0 Å². The van der Waals surface area contributed by atoms with E-state index in [2.05, 4.69) is 69.4 Å². The second-order valence-electron chi connectivity index (χ2n) is 23.1. The van der Waals surface area contributed by atoms with Crippen molar-refractivity contribution in [1.82, 2.24) is 0 Å². The van der Waals surface area contributed by atoms with Gasteiger partial charge in [0.1, 0.15) is 13.2 Å². The molecule has 0 aromatic heterocycles. The Bertz CT molecular complexity index is 1330. The van der Waals surface area contributed by atoms with Crippen LogP contribution in [0, 0.1) is 0 Å². The van der Waals surface area contributed by atoms with Crippen molar-refractivity contribution in [3.63, 3.8) is 0 Å². The van der Waals surface area contributed by atoms with E-state index in [4.69, 9.17) is 14.2 Å². The van der Waals surface area contributed by atoms with E-state index in [1.54, 1.807) is 0 Å². The number of rotatable bonds is 63. The molecule has 0 bridgehead atoms. The molecule has 0 aromatic rings. The van der Waals surface area contributed by atoms with Crippen LogP contribution in [0.5, 0.6) is 0 Å². The second-order valence-corrected chi connectivity index (χ2v) is 23.1. The fraction of sp³-hybridized carbons (Fsp3) is 0.845. The van der Waals surface area contributed by atoms with E-state index in [1.807, 2.05) is 0 Å². The average molecular weight is 1080 g/mol. The number of hydrogen-bond donors (Lipinski definition) is 0. The first-order chi connectivity index (χ1) is 38.0. The minimum Gasteiger partial charge on any atom is -0.462 e. The Morgan fingerprint density at radius 2 is 0.468 bits per heavy atom. The van der Waals surface area contributed by atoms with Crippen LogP contribution in [0.4, 0.5) is 0 Å². The lowest BCUT2D eigenvalue weighted by molar-refractivity contribution is -0.167. The van der Waals surface area contributed by atoms with Crippen LogP contribution in [0.3, 0.4) is 0 Å². The first-order valence-corrected chi connectivity index (χ1v) is 34.1. The number of ether oxygens (including phenoxy) is 3. The van der Waals surface area contributed by atoms with Gasteiger partial charge >= 0.3 is 17.9 Å². The summed E-state index contributed by atoms with van der Waals surface area (Å²) < 4.78 is 17.0. The lowest BCUT2D eigenvalue weighted by Gasteiger charge is -2.18. The average Bonchev–Trinajstić information content (AvgIpc) is 3.43. The molecule has 1 unspecified atom stereocenters. The van der Waals surface area contributed by atoms with Gasteiger partial charge in [0, 0.05) is 19.3 Å². The predicted molar refractivity (Wildman–Crippen MR) is 335 cm³/mol. The summed E-state index contributed by atoms with van der Waals surface area (Å²) in [5.74, 6) is -0.861. The minimum atomic E-state index is -0.777. The molecule has 6 heteroatoms. The molecule has 0 aromatic carbocycles. The Morgan fingerprint density at radius 1 is 0.260 bits per heavy atom. The van der Waals surface area contributed by atoms with Crippen LogP contribution in [0.15, 0.2) is 48.6 Å². The topological polar surface area (TPSA) is 78.9 Å². The monoisotopic (exact) mass is 1080 g/mol. The molecule has 0 fully saturated rings. The summed E-state index contributed by atoms with van der Waals surface area (Å²) in [6, 6.07) is 0. The van der Waals surface area contributed by atoms with Gasteiger partial charge < -0.3 is 14.2 Å². The van der Waals surface area contributed by atoms with Gasteiger partial charge in [0.15, 0.2) is 6.10 Å². The Labute approximate surface area is 479 Å². The molecule has 0 N–H and O–H groups in total. The highest BCUT2D eigenvalue weighted by molar-refractivity contribution is 5.71. The number of allylic oxidation sites excluding steroid dienone is 8. The van der Waals surface area contributed by atoms with E-state index in [-0.39, 0.29) is 31.1 Å². The molecule has 77 heavy (non-hydrogen) atoms. The van der Waals surface area contributed by atoms with Crippen LogP contribution in [0.1, 0.15) is 367 Å². The summed E-state index contributed by atoms with van der Waals surface area (Å²) in [5, 5.41) is 0. The molecule has 450 valence electrons. The van der Waals surface area contributed by atoms with E-state index in [0.29, 0.717) is 19.3 Å². The normalized spacial score (nSPS) is 12.3. The smallest absolute Gasteiger partial charge is 0.306 e. The molecule has 0 spiro atoms. The molecule has 0 rings (SSSR count). The second kappa shape index (κ2) is 65.9. The van der Waals surface area contributed by atoms with Crippen molar-refractivity contribution < 1.29 is 28.6 Å². The van der Waals surface area contributed by atoms with Gasteiger partial charge in [-0.25, -0.2) is 0 Å². The summed E-state index contributed by atoms with van der Waals surface area (Å²) in [5.41, 5.74) is 0. The van der Waals surface area contributed by atoms with Crippen LogP contribution >= 0.6 is 0 Å². The highest BCUT2D eigenvalue weighted by Gasteiger charge is 2.19. The van der Waals surface area contributed by atoms with E-state index in [9.17, 15) is 14.4 Å². The van der Waals surface area contributed by atoms with Gasteiger partial charge in [-0.05, 0) is 83.5 Å². The maximum absolute atomic E-state index is 12.9. The molecule has 0 aliphatic heterocycles. The molecular weight excluding hydrogens is 949 g/mol. The quantitative estimate of drug-likeness (QED) is 0.0261. The van der Waals surface area contributed by atoms with Crippen molar-refractivity contribution >= 4 is 17.9 Å². The maximum Gasteiger partial charge on any atom is 0.306 e. The zero-order chi connectivity index (χ0) is 55.7. The van der Waals surface area contributed by atoms with E-state index in [1.165, 1.54) is 250 Å². The first-order valence-electron chi connectivity index (χ1n) is 34.1. The Morgan fingerprint density at radius 3 is 0.740 bits per heavy atom. The highest BCUT2D eigenvalue weighted by atomic mass is 16.6. The van der Waals surface area contributed by atoms with Gasteiger partial charge in [-0.15, -0.1) is 0 Å². The van der Waals surface area contributed by atoms with Gasteiger partial charge in [-0.2, -0.15) is 0 Å². The van der Waals surface area contributed by atoms with E-state index < -0.39 is 6.10 Å². The van der Waals surface area contributed by atoms with Crippen molar-refractivity contribution in [2.45, 2.75) is 374 Å². The summed E-state index contributed by atoms with van der Waals surface area (Å²) in [6.07, 6.45) is 82.7. The molecule has 0 amide bonds. The summed E-state index contributed by atoms with van der Waals surface area (Å²) in [7, 11) is 0. The molecule has 6 nitrogen and oxygen atoms in total. The molecule has 1 atom stereocenters. The van der Waals surface area contributed by atoms with Crippen LogP contribution in [-0.2, 0) is 28.6 Å². The van der Waals surface area contributed by atoms with E-state index in [0.717, 1.165) is 77.0 Å². The van der Waals surface area contributed by atoms with Crippen molar-refractivity contribution in [2.75, 3.05) is 13.2 Å². The van der Waals surface area contributed by atoms with Crippen molar-refractivity contribution in [3.05, 3.63) is 48.6 Å². The third-order valence-corrected chi connectivity index (χ3v) is 15.3. The molecule has 0 saturated heterocycles. The lowest BCUT2D eigenvalue weighted by Crippen LogP contribution is -2.30. The fourth-order valence-electron chi connectivity index (χ4n) is 10.2. The zero-order valence-electron chi connectivity index (χ0n) is 51.7. The molecule has 0 heterocycles. The Balaban J connectivity index is 4.29. The minimum absolute atomic E-state index is 0.0739. The molecule has 0 radical (unpaired) electrons.